The number of hydrogen-bond acceptors (Lipinski definition) is 6. The van der Waals surface area contributed by atoms with Gasteiger partial charge in [-0.25, -0.2) is 4.98 Å². The molecule has 2 aromatic rings. The molecule has 2 amide bonds. The first kappa shape index (κ1) is 16.4. The normalized spacial score (nSPS) is 17.1. The Morgan fingerprint density at radius 1 is 1.46 bits per heavy atom. The highest BCUT2D eigenvalue weighted by Crippen LogP contribution is 2.31. The van der Waals surface area contributed by atoms with Crippen LogP contribution in [0.3, 0.4) is 0 Å². The molecule has 24 heavy (non-hydrogen) atoms. The van der Waals surface area contributed by atoms with Gasteiger partial charge >= 0.3 is 0 Å². The third-order valence-corrected chi connectivity index (χ3v) is 4.88. The minimum Gasteiger partial charge on any atom is -0.497 e. The molecule has 1 aliphatic rings. The van der Waals surface area contributed by atoms with Crippen LogP contribution >= 0.6 is 11.8 Å². The fraction of sp³-hybridized carbons (Fsp3) is 0.312. The Morgan fingerprint density at radius 2 is 2.25 bits per heavy atom. The summed E-state index contributed by atoms with van der Waals surface area (Å²) in [6.45, 7) is 2.12. The second kappa shape index (κ2) is 6.56. The van der Waals surface area contributed by atoms with Gasteiger partial charge < -0.3 is 19.8 Å². The van der Waals surface area contributed by atoms with Gasteiger partial charge in [-0.15, -0.1) is 11.8 Å². The molecule has 1 unspecified atom stereocenters. The number of primary amides is 1. The molecule has 1 aliphatic heterocycles. The van der Waals surface area contributed by atoms with Crippen LogP contribution in [0.5, 0.6) is 5.75 Å². The molecular formula is C16H17N3O4S. The molecule has 0 radical (unpaired) electrons. The number of rotatable bonds is 4. The summed E-state index contributed by atoms with van der Waals surface area (Å²) in [4.78, 5) is 30.1. The average Bonchev–Trinajstić information content (AvgIpc) is 3.21. The summed E-state index contributed by atoms with van der Waals surface area (Å²) in [6, 6.07) is 7.18. The molecule has 2 N–H and O–H groups in total. The van der Waals surface area contributed by atoms with Gasteiger partial charge in [-0.05, 0) is 12.1 Å². The zero-order chi connectivity index (χ0) is 17.3. The Morgan fingerprint density at radius 3 is 2.96 bits per heavy atom. The van der Waals surface area contributed by atoms with Crippen LogP contribution in [0.2, 0.25) is 0 Å². The van der Waals surface area contributed by atoms with Crippen LogP contribution in [0.25, 0.3) is 11.3 Å². The van der Waals surface area contributed by atoms with Crippen molar-refractivity contribution in [3.05, 3.63) is 35.9 Å². The maximum Gasteiger partial charge on any atom is 0.277 e. The maximum absolute atomic E-state index is 12.9. The van der Waals surface area contributed by atoms with E-state index in [1.807, 2.05) is 6.07 Å². The van der Waals surface area contributed by atoms with Crippen LogP contribution in [-0.2, 0) is 4.79 Å². The molecule has 1 aromatic heterocycles. The van der Waals surface area contributed by atoms with Gasteiger partial charge in [0.2, 0.25) is 0 Å². The maximum atomic E-state index is 12.9. The molecule has 3 rings (SSSR count). The van der Waals surface area contributed by atoms with Gasteiger partial charge in [0.25, 0.3) is 11.8 Å². The largest absolute Gasteiger partial charge is 0.497 e. The summed E-state index contributed by atoms with van der Waals surface area (Å²) in [6.07, 6.45) is 0. The number of amides is 2. The zero-order valence-electron chi connectivity index (χ0n) is 13.3. The summed E-state index contributed by atoms with van der Waals surface area (Å²) in [5, 5.41) is -0.673. The van der Waals surface area contributed by atoms with Crippen LogP contribution in [-0.4, -0.2) is 46.5 Å². The van der Waals surface area contributed by atoms with Gasteiger partial charge in [0.15, 0.2) is 22.7 Å². The highest BCUT2D eigenvalue weighted by Gasteiger charge is 2.36. The van der Waals surface area contributed by atoms with Gasteiger partial charge in [0.05, 0.1) is 7.11 Å². The minimum atomic E-state index is -0.673. The van der Waals surface area contributed by atoms with Crippen LogP contribution < -0.4 is 10.5 Å². The summed E-state index contributed by atoms with van der Waals surface area (Å²) >= 11 is 1.35. The van der Waals surface area contributed by atoms with Gasteiger partial charge in [-0.1, -0.05) is 12.1 Å². The van der Waals surface area contributed by atoms with E-state index in [0.29, 0.717) is 35.3 Å². The van der Waals surface area contributed by atoms with E-state index >= 15 is 0 Å². The fourth-order valence-electron chi connectivity index (χ4n) is 2.58. The predicted molar refractivity (Wildman–Crippen MR) is 89.7 cm³/mol. The Balaban J connectivity index is 2.00. The van der Waals surface area contributed by atoms with Crippen molar-refractivity contribution in [3.8, 4) is 17.1 Å². The number of nitrogens with zero attached hydrogens (tertiary/aromatic N) is 2. The molecule has 126 valence electrons. The number of benzene rings is 1. The fourth-order valence-corrected chi connectivity index (χ4v) is 3.65. The number of carbonyl (C=O) groups excluding carboxylic acids is 2. The van der Waals surface area contributed by atoms with E-state index in [2.05, 4.69) is 4.98 Å². The molecule has 2 heterocycles. The van der Waals surface area contributed by atoms with E-state index in [4.69, 9.17) is 14.9 Å². The predicted octanol–water partition coefficient (Wildman–Crippen LogP) is 1.66. The minimum absolute atomic E-state index is 0.175. The molecule has 0 aliphatic carbocycles. The van der Waals surface area contributed by atoms with Crippen molar-refractivity contribution in [2.75, 3.05) is 19.4 Å². The average molecular weight is 347 g/mol. The number of nitrogens with two attached hydrogens (primary N) is 1. The number of carbonyl (C=O) groups is 2. The number of ether oxygens (including phenoxy) is 1. The van der Waals surface area contributed by atoms with E-state index in [-0.39, 0.29) is 11.6 Å². The number of aromatic nitrogens is 1. The Labute approximate surface area is 143 Å². The van der Waals surface area contributed by atoms with Crippen molar-refractivity contribution in [3.63, 3.8) is 0 Å². The lowest BCUT2D eigenvalue weighted by atomic mass is 10.1. The zero-order valence-corrected chi connectivity index (χ0v) is 14.1. The van der Waals surface area contributed by atoms with E-state index < -0.39 is 11.3 Å². The quantitative estimate of drug-likeness (QED) is 0.903. The molecule has 0 spiro atoms. The van der Waals surface area contributed by atoms with Crippen LogP contribution in [0.1, 0.15) is 16.4 Å². The third-order valence-electron chi connectivity index (χ3n) is 3.66. The number of hydrogen-bond donors (Lipinski definition) is 1. The van der Waals surface area contributed by atoms with Crippen molar-refractivity contribution in [1.82, 2.24) is 9.88 Å². The lowest BCUT2D eigenvalue weighted by Gasteiger charge is -2.20. The lowest BCUT2D eigenvalue weighted by molar-refractivity contribution is -0.119. The smallest absolute Gasteiger partial charge is 0.277 e. The van der Waals surface area contributed by atoms with Gasteiger partial charge in [0, 0.05) is 24.8 Å². The topological polar surface area (TPSA) is 98.7 Å². The SMILES string of the molecule is COc1cccc(-c2oc(C)nc2C(=O)N2CCSC2C(N)=O)c1. The first-order chi connectivity index (χ1) is 11.5. The molecular weight excluding hydrogens is 330 g/mol. The molecule has 8 heteroatoms. The number of thioether (sulfide) groups is 1. The lowest BCUT2D eigenvalue weighted by Crippen LogP contribution is -2.42. The standard InChI is InChI=1S/C16H17N3O4S/c1-9-18-12(15(21)19-6-7-24-16(19)14(17)20)13(23-9)10-4-3-5-11(8-10)22-2/h3-5,8,16H,6-7H2,1-2H3,(H2,17,20). The molecule has 1 saturated heterocycles. The Bertz CT molecular complexity index is 789. The van der Waals surface area contributed by atoms with E-state index in [1.54, 1.807) is 32.2 Å². The van der Waals surface area contributed by atoms with Gasteiger partial charge in [0.1, 0.15) is 5.75 Å². The number of aryl methyl sites for hydroxylation is 1. The van der Waals surface area contributed by atoms with Crippen LogP contribution in [0.4, 0.5) is 0 Å². The van der Waals surface area contributed by atoms with E-state index in [9.17, 15) is 9.59 Å². The molecule has 1 aromatic carbocycles. The Kier molecular flexibility index (Phi) is 4.48. The van der Waals surface area contributed by atoms with Gasteiger partial charge in [-0.2, -0.15) is 0 Å². The number of oxazole rings is 1. The molecule has 7 nitrogen and oxygen atoms in total. The number of methoxy groups -OCH3 is 1. The Hall–Kier alpha value is -2.48. The van der Waals surface area contributed by atoms with Gasteiger partial charge in [-0.3, -0.25) is 9.59 Å². The molecule has 1 fully saturated rings. The van der Waals surface area contributed by atoms with E-state index in [0.717, 1.165) is 0 Å². The summed E-state index contributed by atoms with van der Waals surface area (Å²) < 4.78 is 10.8. The van der Waals surface area contributed by atoms with E-state index in [1.165, 1.54) is 16.7 Å². The van der Waals surface area contributed by atoms with Crippen molar-refractivity contribution >= 4 is 23.6 Å². The molecule has 0 bridgehead atoms. The van der Waals surface area contributed by atoms with Crippen molar-refractivity contribution < 1.29 is 18.7 Å². The summed E-state index contributed by atoms with van der Waals surface area (Å²) in [5.41, 5.74) is 6.24. The van der Waals surface area contributed by atoms with Crippen molar-refractivity contribution in [2.45, 2.75) is 12.3 Å². The first-order valence-corrected chi connectivity index (χ1v) is 8.40. The van der Waals surface area contributed by atoms with Crippen LogP contribution in [0.15, 0.2) is 28.7 Å². The first-order valence-electron chi connectivity index (χ1n) is 7.35. The van der Waals surface area contributed by atoms with Crippen molar-refractivity contribution in [2.24, 2.45) is 5.73 Å². The molecule has 0 saturated carbocycles. The second-order valence-electron chi connectivity index (χ2n) is 5.27. The third kappa shape index (κ3) is 2.96. The van der Waals surface area contributed by atoms with Crippen LogP contribution in [0, 0.1) is 6.92 Å². The molecule has 1 atom stereocenters. The highest BCUT2D eigenvalue weighted by molar-refractivity contribution is 8.00. The monoisotopic (exact) mass is 347 g/mol. The van der Waals surface area contributed by atoms with Crippen molar-refractivity contribution in [1.29, 1.82) is 0 Å². The second-order valence-corrected chi connectivity index (χ2v) is 6.45. The summed E-state index contributed by atoms with van der Waals surface area (Å²) in [5.74, 6) is 1.14. The summed E-state index contributed by atoms with van der Waals surface area (Å²) in [7, 11) is 1.57. The highest BCUT2D eigenvalue weighted by atomic mass is 32.2.